The maximum Gasteiger partial charge on any atom is 0.260 e. The minimum Gasteiger partial charge on any atom is -0.482 e. The van der Waals surface area contributed by atoms with Crippen LogP contribution in [0, 0.1) is 17.8 Å². The quantitative estimate of drug-likeness (QED) is 0.713. The number of carbonyl (C=O) groups excluding carboxylic acids is 1. The molecule has 1 saturated carbocycles. The Morgan fingerprint density at radius 3 is 2.62 bits per heavy atom. The molecule has 1 heterocycles. The van der Waals surface area contributed by atoms with Crippen molar-refractivity contribution in [2.24, 2.45) is 17.8 Å². The van der Waals surface area contributed by atoms with Crippen molar-refractivity contribution in [1.29, 1.82) is 0 Å². The van der Waals surface area contributed by atoms with Gasteiger partial charge < -0.3 is 9.64 Å². The molecular formula is C20H24Cl2N2O2. The van der Waals surface area contributed by atoms with Gasteiger partial charge in [-0.3, -0.25) is 9.69 Å². The summed E-state index contributed by atoms with van der Waals surface area (Å²) in [5, 5.41) is 1.01. The van der Waals surface area contributed by atoms with Crippen molar-refractivity contribution in [3.8, 4) is 5.75 Å². The van der Waals surface area contributed by atoms with Crippen LogP contribution < -0.4 is 4.74 Å². The van der Waals surface area contributed by atoms with E-state index in [9.17, 15) is 4.79 Å². The maximum atomic E-state index is 12.4. The second kappa shape index (κ2) is 7.79. The zero-order valence-electron chi connectivity index (χ0n) is 14.7. The lowest BCUT2D eigenvalue weighted by Crippen LogP contribution is -2.51. The zero-order valence-corrected chi connectivity index (χ0v) is 16.3. The van der Waals surface area contributed by atoms with Gasteiger partial charge in [0.1, 0.15) is 5.75 Å². The Morgan fingerprint density at radius 1 is 1.12 bits per heavy atom. The Labute approximate surface area is 164 Å². The summed E-state index contributed by atoms with van der Waals surface area (Å²) in [5.41, 5.74) is 0. The van der Waals surface area contributed by atoms with E-state index in [1.165, 1.54) is 19.4 Å². The van der Waals surface area contributed by atoms with Gasteiger partial charge in [-0.25, -0.2) is 0 Å². The van der Waals surface area contributed by atoms with Crippen LogP contribution in [0.5, 0.6) is 5.75 Å². The molecule has 1 aromatic carbocycles. The van der Waals surface area contributed by atoms with Crippen LogP contribution >= 0.6 is 23.2 Å². The first-order valence-corrected chi connectivity index (χ1v) is 10.1. The SMILES string of the molecule is O=C(COc1cc(Cl)ccc1Cl)N1CCN(CC2CC3C=CC2C3)CC1. The Bertz CT molecular complexity index is 701. The van der Waals surface area contributed by atoms with Gasteiger partial charge in [0.25, 0.3) is 5.91 Å². The molecule has 3 atom stereocenters. The van der Waals surface area contributed by atoms with E-state index in [1.54, 1.807) is 18.2 Å². The van der Waals surface area contributed by atoms with Gasteiger partial charge in [-0.15, -0.1) is 0 Å². The van der Waals surface area contributed by atoms with Crippen molar-refractivity contribution >= 4 is 29.1 Å². The largest absolute Gasteiger partial charge is 0.482 e. The van der Waals surface area contributed by atoms with E-state index < -0.39 is 0 Å². The number of rotatable bonds is 5. The Morgan fingerprint density at radius 2 is 1.92 bits per heavy atom. The summed E-state index contributed by atoms with van der Waals surface area (Å²) in [5.74, 6) is 2.87. The Hall–Kier alpha value is -1.23. The second-order valence-corrected chi connectivity index (χ2v) is 8.43. The van der Waals surface area contributed by atoms with Gasteiger partial charge in [-0.05, 0) is 42.7 Å². The first-order chi connectivity index (χ1) is 12.6. The fourth-order valence-electron chi connectivity index (χ4n) is 4.43. The number of hydrogen-bond donors (Lipinski definition) is 0. The fraction of sp³-hybridized carbons (Fsp3) is 0.550. The van der Waals surface area contributed by atoms with Gasteiger partial charge >= 0.3 is 0 Å². The zero-order chi connectivity index (χ0) is 18.1. The molecule has 2 aliphatic carbocycles. The third kappa shape index (κ3) is 4.03. The number of ether oxygens (including phenoxy) is 1. The Balaban J connectivity index is 1.22. The molecular weight excluding hydrogens is 371 g/mol. The first kappa shape index (κ1) is 18.1. The molecule has 3 aliphatic rings. The molecule has 1 amide bonds. The van der Waals surface area contributed by atoms with Gasteiger partial charge in [0.15, 0.2) is 6.61 Å². The number of fused-ring (bicyclic) bond motifs is 2. The standard InChI is InChI=1S/C20H24Cl2N2O2/c21-17-3-4-18(22)19(11-17)26-13-20(25)24-7-5-23(6-8-24)12-16-10-14-1-2-15(16)9-14/h1-4,11,14-16H,5-10,12-13H2. The smallest absolute Gasteiger partial charge is 0.260 e. The summed E-state index contributed by atoms with van der Waals surface area (Å²) in [6.45, 7) is 4.59. The van der Waals surface area contributed by atoms with Crippen LogP contribution in [0.25, 0.3) is 0 Å². The fourth-order valence-corrected chi connectivity index (χ4v) is 4.77. The molecule has 0 aromatic heterocycles. The summed E-state index contributed by atoms with van der Waals surface area (Å²) in [6.07, 6.45) is 7.50. The minimum atomic E-state index is -0.00274. The summed E-state index contributed by atoms with van der Waals surface area (Å²) >= 11 is 12.0. The average Bonchev–Trinajstić information content (AvgIpc) is 3.26. The lowest BCUT2D eigenvalue weighted by Gasteiger charge is -2.36. The lowest BCUT2D eigenvalue weighted by atomic mass is 9.93. The van der Waals surface area contributed by atoms with E-state index in [0.717, 1.165) is 43.9 Å². The summed E-state index contributed by atoms with van der Waals surface area (Å²) in [7, 11) is 0. The number of piperazine rings is 1. The van der Waals surface area contributed by atoms with Crippen LogP contribution in [0.2, 0.25) is 10.0 Å². The third-order valence-electron chi connectivity index (χ3n) is 5.88. The van der Waals surface area contributed by atoms with Crippen molar-refractivity contribution in [1.82, 2.24) is 9.80 Å². The molecule has 0 N–H and O–H groups in total. The topological polar surface area (TPSA) is 32.8 Å². The molecule has 2 bridgehead atoms. The number of halogens is 2. The molecule has 3 unspecified atom stereocenters. The van der Waals surface area contributed by atoms with Crippen LogP contribution in [0.1, 0.15) is 12.8 Å². The van der Waals surface area contributed by atoms with Crippen LogP contribution in [0.3, 0.4) is 0 Å². The normalized spacial score (nSPS) is 27.9. The Kier molecular flexibility index (Phi) is 5.44. The van der Waals surface area contributed by atoms with Crippen LogP contribution in [-0.2, 0) is 4.79 Å². The van der Waals surface area contributed by atoms with Crippen molar-refractivity contribution in [3.05, 3.63) is 40.4 Å². The summed E-state index contributed by atoms with van der Waals surface area (Å²) in [4.78, 5) is 16.8. The summed E-state index contributed by atoms with van der Waals surface area (Å²) in [6, 6.07) is 5.01. The molecule has 140 valence electrons. The van der Waals surface area contributed by atoms with Gasteiger partial charge in [-0.2, -0.15) is 0 Å². The van der Waals surface area contributed by atoms with Crippen LogP contribution in [-0.4, -0.2) is 55.0 Å². The molecule has 1 aromatic rings. The molecule has 26 heavy (non-hydrogen) atoms. The molecule has 1 aliphatic heterocycles. The van der Waals surface area contributed by atoms with Gasteiger partial charge in [0.2, 0.25) is 0 Å². The molecule has 6 heteroatoms. The highest BCUT2D eigenvalue weighted by atomic mass is 35.5. The predicted octanol–water partition coefficient (Wildman–Crippen LogP) is 3.73. The summed E-state index contributed by atoms with van der Waals surface area (Å²) < 4.78 is 5.57. The minimum absolute atomic E-state index is 0.00274. The number of nitrogens with zero attached hydrogens (tertiary/aromatic N) is 2. The van der Waals surface area contributed by atoms with E-state index >= 15 is 0 Å². The van der Waals surface area contributed by atoms with Crippen molar-refractivity contribution in [2.45, 2.75) is 12.8 Å². The molecule has 2 fully saturated rings. The molecule has 0 spiro atoms. The second-order valence-electron chi connectivity index (χ2n) is 7.59. The van der Waals surface area contributed by atoms with Crippen molar-refractivity contribution < 1.29 is 9.53 Å². The number of amides is 1. The van der Waals surface area contributed by atoms with Crippen LogP contribution in [0.15, 0.2) is 30.4 Å². The van der Waals surface area contributed by atoms with E-state index in [0.29, 0.717) is 15.8 Å². The number of carbonyl (C=O) groups is 1. The predicted molar refractivity (Wildman–Crippen MR) is 104 cm³/mol. The monoisotopic (exact) mass is 394 g/mol. The maximum absolute atomic E-state index is 12.4. The molecule has 4 rings (SSSR count). The highest BCUT2D eigenvalue weighted by Crippen LogP contribution is 2.43. The van der Waals surface area contributed by atoms with E-state index in [4.69, 9.17) is 27.9 Å². The molecule has 4 nitrogen and oxygen atoms in total. The van der Waals surface area contributed by atoms with E-state index in [-0.39, 0.29) is 12.5 Å². The molecule has 1 saturated heterocycles. The third-order valence-corrected chi connectivity index (χ3v) is 6.43. The highest BCUT2D eigenvalue weighted by Gasteiger charge is 2.36. The number of benzene rings is 1. The first-order valence-electron chi connectivity index (χ1n) is 9.35. The highest BCUT2D eigenvalue weighted by molar-refractivity contribution is 6.34. The van der Waals surface area contributed by atoms with Crippen molar-refractivity contribution in [2.75, 3.05) is 39.3 Å². The van der Waals surface area contributed by atoms with Crippen molar-refractivity contribution in [3.63, 3.8) is 0 Å². The molecule has 0 radical (unpaired) electrons. The average molecular weight is 395 g/mol. The number of allylic oxidation sites excluding steroid dienone is 2. The van der Waals surface area contributed by atoms with Gasteiger partial charge in [0.05, 0.1) is 5.02 Å². The van der Waals surface area contributed by atoms with E-state index in [1.807, 2.05) is 4.90 Å². The van der Waals surface area contributed by atoms with Gasteiger partial charge in [0, 0.05) is 43.8 Å². The van der Waals surface area contributed by atoms with Crippen LogP contribution in [0.4, 0.5) is 0 Å². The number of hydrogen-bond acceptors (Lipinski definition) is 3. The van der Waals surface area contributed by atoms with Gasteiger partial charge in [-0.1, -0.05) is 35.4 Å². The van der Waals surface area contributed by atoms with E-state index in [2.05, 4.69) is 17.1 Å². The lowest BCUT2D eigenvalue weighted by molar-refractivity contribution is -0.135.